The molecule has 3 aliphatic rings. The predicted octanol–water partition coefficient (Wildman–Crippen LogP) is 1.71. The molecule has 190 valence electrons. The number of carbonyl (C=O) groups excluding carboxylic acids is 3. The van der Waals surface area contributed by atoms with Crippen molar-refractivity contribution in [3.05, 3.63) is 60.2 Å². The number of amides is 3. The molecule has 0 saturated carbocycles. The Kier molecular flexibility index (Phi) is 6.68. The summed E-state index contributed by atoms with van der Waals surface area (Å²) in [5.74, 6) is -1.60. The Labute approximate surface area is 209 Å². The molecule has 2 bridgehead atoms. The monoisotopic (exact) mass is 493 g/mol. The lowest BCUT2D eigenvalue weighted by Gasteiger charge is -2.33. The molecule has 9 heteroatoms. The van der Waals surface area contributed by atoms with E-state index in [-0.39, 0.29) is 30.9 Å². The van der Waals surface area contributed by atoms with Crippen LogP contribution in [0.15, 0.2) is 54.6 Å². The largest absolute Gasteiger partial charge is 0.497 e. The summed E-state index contributed by atoms with van der Waals surface area (Å²) in [6, 6.07) is 15.6. The van der Waals surface area contributed by atoms with Crippen LogP contribution in [-0.4, -0.2) is 65.7 Å². The third kappa shape index (κ3) is 4.12. The first-order valence-corrected chi connectivity index (χ1v) is 12.3. The highest BCUT2D eigenvalue weighted by Crippen LogP contribution is 2.58. The van der Waals surface area contributed by atoms with Crippen molar-refractivity contribution in [3.8, 4) is 5.75 Å². The van der Waals surface area contributed by atoms with Gasteiger partial charge in [-0.25, -0.2) is 0 Å². The van der Waals surface area contributed by atoms with Crippen LogP contribution < -0.4 is 15.4 Å². The van der Waals surface area contributed by atoms with Crippen LogP contribution in [0.3, 0.4) is 0 Å². The number of benzene rings is 2. The molecule has 1 spiro atoms. The molecule has 0 aromatic heterocycles. The van der Waals surface area contributed by atoms with Gasteiger partial charge in [0.25, 0.3) is 0 Å². The van der Waals surface area contributed by atoms with Crippen LogP contribution in [0.5, 0.6) is 5.75 Å². The number of methoxy groups -OCH3 is 1. The zero-order chi connectivity index (χ0) is 25.3. The first-order valence-electron chi connectivity index (χ1n) is 12.3. The topological polar surface area (TPSA) is 117 Å². The van der Waals surface area contributed by atoms with Crippen molar-refractivity contribution in [1.82, 2.24) is 10.2 Å². The summed E-state index contributed by atoms with van der Waals surface area (Å²) in [7, 11) is 1.57. The molecule has 5 atom stereocenters. The summed E-state index contributed by atoms with van der Waals surface area (Å²) in [6.07, 6.45) is 1.04. The first-order chi connectivity index (χ1) is 17.5. The van der Waals surface area contributed by atoms with Crippen molar-refractivity contribution in [3.63, 3.8) is 0 Å². The molecule has 3 heterocycles. The lowest BCUT2D eigenvalue weighted by Crippen LogP contribution is -2.53. The molecule has 0 aliphatic carbocycles. The molecule has 3 aliphatic heterocycles. The molecule has 2 aromatic carbocycles. The van der Waals surface area contributed by atoms with Gasteiger partial charge in [0.2, 0.25) is 17.7 Å². The molecule has 3 amide bonds. The van der Waals surface area contributed by atoms with Crippen LogP contribution in [0.25, 0.3) is 0 Å². The van der Waals surface area contributed by atoms with Crippen molar-refractivity contribution in [2.45, 2.75) is 43.6 Å². The van der Waals surface area contributed by atoms with Gasteiger partial charge in [0.15, 0.2) is 0 Å². The number of carbonyl (C=O) groups is 3. The number of aliphatic hydroxyl groups excluding tert-OH is 1. The van der Waals surface area contributed by atoms with E-state index in [0.29, 0.717) is 37.2 Å². The normalized spacial score (nSPS) is 28.2. The van der Waals surface area contributed by atoms with E-state index in [9.17, 15) is 19.5 Å². The Morgan fingerprint density at radius 1 is 1.14 bits per heavy atom. The molecule has 2 aromatic rings. The molecule has 2 unspecified atom stereocenters. The van der Waals surface area contributed by atoms with Crippen molar-refractivity contribution < 1.29 is 29.0 Å². The van der Waals surface area contributed by atoms with Gasteiger partial charge in [-0.15, -0.1) is 0 Å². The third-order valence-electron chi connectivity index (χ3n) is 7.58. The first kappa shape index (κ1) is 24.3. The van der Waals surface area contributed by atoms with Gasteiger partial charge in [-0.1, -0.05) is 30.3 Å². The molecular formula is C27H31N3O6. The minimum atomic E-state index is -1.07. The van der Waals surface area contributed by atoms with Crippen molar-refractivity contribution in [2.75, 3.05) is 25.6 Å². The second-order valence-electron chi connectivity index (χ2n) is 9.59. The highest BCUT2D eigenvalue weighted by Gasteiger charge is 2.74. The number of nitrogens with one attached hydrogen (secondary N) is 2. The Hall–Kier alpha value is -3.43. The zero-order valence-electron chi connectivity index (χ0n) is 20.2. The van der Waals surface area contributed by atoms with E-state index in [0.717, 1.165) is 5.56 Å². The highest BCUT2D eigenvalue weighted by atomic mass is 16.5. The third-order valence-corrected chi connectivity index (χ3v) is 7.58. The number of likely N-dealkylation sites (tertiary alicyclic amines) is 1. The van der Waals surface area contributed by atoms with E-state index in [2.05, 4.69) is 10.6 Å². The molecule has 3 saturated heterocycles. The van der Waals surface area contributed by atoms with Crippen LogP contribution >= 0.6 is 0 Å². The summed E-state index contributed by atoms with van der Waals surface area (Å²) in [5, 5.41) is 15.3. The molecular weight excluding hydrogens is 462 g/mol. The second kappa shape index (κ2) is 9.91. The fourth-order valence-electron chi connectivity index (χ4n) is 6.02. The van der Waals surface area contributed by atoms with E-state index < -0.39 is 29.6 Å². The maximum Gasteiger partial charge on any atom is 0.250 e. The predicted molar refractivity (Wildman–Crippen MR) is 131 cm³/mol. The fraction of sp³-hybridized carbons (Fsp3) is 0.444. The van der Waals surface area contributed by atoms with Crippen LogP contribution in [-0.2, 0) is 25.7 Å². The van der Waals surface area contributed by atoms with E-state index in [1.54, 1.807) is 31.4 Å². The molecule has 3 N–H and O–H groups in total. The van der Waals surface area contributed by atoms with Gasteiger partial charge in [0.1, 0.15) is 17.4 Å². The smallest absolute Gasteiger partial charge is 0.250 e. The lowest BCUT2D eigenvalue weighted by atomic mass is 9.70. The van der Waals surface area contributed by atoms with E-state index >= 15 is 0 Å². The SMILES string of the molecule is COc1ccc(NC(=O)C2N(CCCO)C(=O)[C@@H]3[C@@H](C(=O)NCc4ccccc4)[C@H]4CCC23O4)cc1. The standard InChI is InChI=1S/C27H31N3O6/c1-35-19-10-8-18(9-11-19)29-25(33)23-27-13-12-20(36-27)21(22(27)26(34)30(23)14-5-15-31)24(32)28-16-17-6-3-2-4-7-17/h2-4,6-11,20-23,31H,5,12-16H2,1H3,(H,28,32)(H,29,33)/t20-,21+,22+,23?,27?/m1/s1. The van der Waals surface area contributed by atoms with Gasteiger partial charge in [0.05, 0.1) is 25.0 Å². The maximum atomic E-state index is 13.7. The highest BCUT2D eigenvalue weighted by molar-refractivity contribution is 6.03. The number of aliphatic hydroxyl groups is 1. The number of rotatable bonds is 9. The number of fused-ring (bicyclic) bond motifs is 1. The summed E-state index contributed by atoms with van der Waals surface area (Å²) in [4.78, 5) is 42.2. The quantitative estimate of drug-likeness (QED) is 0.490. The number of nitrogens with zero attached hydrogens (tertiary/aromatic N) is 1. The minimum absolute atomic E-state index is 0.112. The van der Waals surface area contributed by atoms with Gasteiger partial charge >= 0.3 is 0 Å². The van der Waals surface area contributed by atoms with Crippen LogP contribution in [0, 0.1) is 11.8 Å². The van der Waals surface area contributed by atoms with Crippen molar-refractivity contribution >= 4 is 23.4 Å². The average Bonchev–Trinajstić information content (AvgIpc) is 3.54. The lowest BCUT2D eigenvalue weighted by molar-refractivity contribution is -0.141. The number of hydrogen-bond acceptors (Lipinski definition) is 6. The second-order valence-corrected chi connectivity index (χ2v) is 9.59. The van der Waals surface area contributed by atoms with E-state index in [1.807, 2.05) is 30.3 Å². The molecule has 0 radical (unpaired) electrons. The Morgan fingerprint density at radius 2 is 1.89 bits per heavy atom. The summed E-state index contributed by atoms with van der Waals surface area (Å²) in [5.41, 5.74) is 0.464. The van der Waals surface area contributed by atoms with Gasteiger partial charge in [0, 0.05) is 25.4 Å². The van der Waals surface area contributed by atoms with Gasteiger partial charge in [-0.2, -0.15) is 0 Å². The number of ether oxygens (including phenoxy) is 2. The van der Waals surface area contributed by atoms with Gasteiger partial charge in [-0.3, -0.25) is 14.4 Å². The summed E-state index contributed by atoms with van der Waals surface area (Å²) < 4.78 is 11.6. The Morgan fingerprint density at radius 3 is 2.58 bits per heavy atom. The Bertz CT molecular complexity index is 1120. The summed E-state index contributed by atoms with van der Waals surface area (Å²) in [6.45, 7) is 0.450. The van der Waals surface area contributed by atoms with Crippen LogP contribution in [0.1, 0.15) is 24.8 Å². The Balaban J connectivity index is 1.39. The number of anilines is 1. The van der Waals surface area contributed by atoms with Crippen molar-refractivity contribution in [1.29, 1.82) is 0 Å². The summed E-state index contributed by atoms with van der Waals surface area (Å²) >= 11 is 0. The van der Waals surface area contributed by atoms with E-state index in [1.165, 1.54) is 4.90 Å². The number of hydrogen-bond donors (Lipinski definition) is 3. The molecule has 9 nitrogen and oxygen atoms in total. The van der Waals surface area contributed by atoms with E-state index in [4.69, 9.17) is 9.47 Å². The molecule has 5 rings (SSSR count). The van der Waals surface area contributed by atoms with Crippen LogP contribution in [0.4, 0.5) is 5.69 Å². The fourth-order valence-corrected chi connectivity index (χ4v) is 6.02. The average molecular weight is 494 g/mol. The van der Waals surface area contributed by atoms with Crippen molar-refractivity contribution in [2.24, 2.45) is 11.8 Å². The van der Waals surface area contributed by atoms with Gasteiger partial charge < -0.3 is 30.1 Å². The molecule has 36 heavy (non-hydrogen) atoms. The maximum absolute atomic E-state index is 13.7. The minimum Gasteiger partial charge on any atom is -0.497 e. The van der Waals surface area contributed by atoms with Gasteiger partial charge in [-0.05, 0) is 49.1 Å². The molecule has 3 fully saturated rings. The van der Waals surface area contributed by atoms with Crippen LogP contribution in [0.2, 0.25) is 0 Å². The zero-order valence-corrected chi connectivity index (χ0v) is 20.2.